The summed E-state index contributed by atoms with van der Waals surface area (Å²) in [5.74, 6) is 0.125. The molecule has 0 fully saturated rings. The first-order chi connectivity index (χ1) is 6.58. The third-order valence-electron chi connectivity index (χ3n) is 2.70. The molecule has 1 amide bonds. The van der Waals surface area contributed by atoms with Crippen LogP contribution in [0.2, 0.25) is 0 Å². The molecule has 74 valence electrons. The molecule has 3 nitrogen and oxygen atoms in total. The molecule has 1 aromatic rings. The van der Waals surface area contributed by atoms with Gasteiger partial charge in [0.25, 0.3) is 0 Å². The Labute approximate surface area is 83.8 Å². The molecule has 0 radical (unpaired) electrons. The number of rotatable bonds is 0. The summed E-state index contributed by atoms with van der Waals surface area (Å²) in [6, 6.07) is 2.07. The molecule has 1 aliphatic rings. The van der Waals surface area contributed by atoms with Crippen molar-refractivity contribution in [3.8, 4) is 0 Å². The van der Waals surface area contributed by atoms with Crippen molar-refractivity contribution in [1.29, 1.82) is 0 Å². The van der Waals surface area contributed by atoms with E-state index in [4.69, 9.17) is 0 Å². The summed E-state index contributed by atoms with van der Waals surface area (Å²) >= 11 is 0. The second kappa shape index (κ2) is 3.08. The average molecular weight is 190 g/mol. The predicted octanol–water partition coefficient (Wildman–Crippen LogP) is 1.56. The summed E-state index contributed by atoms with van der Waals surface area (Å²) in [6.07, 6.45) is 0. The third kappa shape index (κ3) is 1.39. The Bertz CT molecular complexity index is 399. The van der Waals surface area contributed by atoms with Gasteiger partial charge in [0.05, 0.1) is 12.2 Å². The lowest BCUT2D eigenvalue weighted by molar-refractivity contribution is -0.129. The number of hydrogen-bond donors (Lipinski definition) is 0. The van der Waals surface area contributed by atoms with E-state index in [2.05, 4.69) is 18.0 Å². The summed E-state index contributed by atoms with van der Waals surface area (Å²) in [5.41, 5.74) is 4.58. The number of carbonyl (C=O) groups excluding carboxylic acids is 1. The fourth-order valence-corrected chi connectivity index (χ4v) is 1.94. The van der Waals surface area contributed by atoms with Crippen molar-refractivity contribution in [2.24, 2.45) is 0 Å². The molecule has 1 aliphatic heterocycles. The normalized spacial score (nSPS) is 14.4. The quantitative estimate of drug-likeness (QED) is 0.622. The van der Waals surface area contributed by atoms with E-state index in [-0.39, 0.29) is 5.91 Å². The predicted molar refractivity (Wildman–Crippen MR) is 53.6 cm³/mol. The molecule has 1 aromatic heterocycles. The van der Waals surface area contributed by atoms with Gasteiger partial charge in [0, 0.05) is 19.2 Å². The van der Waals surface area contributed by atoms with Crippen LogP contribution in [0.25, 0.3) is 0 Å². The zero-order chi connectivity index (χ0) is 10.3. The van der Waals surface area contributed by atoms with Crippen molar-refractivity contribution in [3.05, 3.63) is 28.6 Å². The number of amides is 1. The Morgan fingerprint density at radius 1 is 1.43 bits per heavy atom. The van der Waals surface area contributed by atoms with Gasteiger partial charge in [-0.2, -0.15) is 0 Å². The van der Waals surface area contributed by atoms with Gasteiger partial charge in [-0.15, -0.1) is 0 Å². The first kappa shape index (κ1) is 9.19. The van der Waals surface area contributed by atoms with Gasteiger partial charge in [0.1, 0.15) is 0 Å². The maximum absolute atomic E-state index is 11.2. The monoisotopic (exact) mass is 190 g/mol. The highest BCUT2D eigenvalue weighted by Crippen LogP contribution is 2.24. The van der Waals surface area contributed by atoms with Crippen molar-refractivity contribution in [3.63, 3.8) is 0 Å². The summed E-state index contributed by atoms with van der Waals surface area (Å²) < 4.78 is 0. The van der Waals surface area contributed by atoms with Crippen LogP contribution in [0.3, 0.4) is 0 Å². The number of fused-ring (bicyclic) bond motifs is 1. The molecule has 0 saturated carbocycles. The second-order valence-corrected chi connectivity index (χ2v) is 3.88. The highest BCUT2D eigenvalue weighted by Gasteiger charge is 2.23. The average Bonchev–Trinajstić information content (AvgIpc) is 2.47. The number of pyridine rings is 1. The van der Waals surface area contributed by atoms with E-state index in [1.165, 1.54) is 11.1 Å². The molecule has 2 heterocycles. The van der Waals surface area contributed by atoms with Gasteiger partial charge in [-0.3, -0.25) is 9.78 Å². The lowest BCUT2D eigenvalue weighted by atomic mass is 10.1. The van der Waals surface area contributed by atoms with Gasteiger partial charge >= 0.3 is 0 Å². The number of nitrogens with zero attached hydrogens (tertiary/aromatic N) is 2. The molecular weight excluding hydrogens is 176 g/mol. The van der Waals surface area contributed by atoms with Gasteiger partial charge in [0.2, 0.25) is 5.91 Å². The minimum absolute atomic E-state index is 0.125. The Morgan fingerprint density at radius 2 is 2.14 bits per heavy atom. The number of aromatic nitrogens is 1. The van der Waals surface area contributed by atoms with E-state index < -0.39 is 0 Å². The Balaban J connectivity index is 2.39. The van der Waals surface area contributed by atoms with Crippen molar-refractivity contribution in [1.82, 2.24) is 9.88 Å². The lowest BCUT2D eigenvalue weighted by Gasteiger charge is -2.10. The first-order valence-corrected chi connectivity index (χ1v) is 4.79. The minimum Gasteiger partial charge on any atom is -0.333 e. The molecular formula is C11H14N2O. The van der Waals surface area contributed by atoms with E-state index in [1.54, 1.807) is 6.92 Å². The van der Waals surface area contributed by atoms with Gasteiger partial charge in [-0.1, -0.05) is 0 Å². The molecule has 3 heteroatoms. The smallest absolute Gasteiger partial charge is 0.220 e. The SMILES string of the molecule is CC(=O)N1Cc2nc(C)cc(C)c2C1. The topological polar surface area (TPSA) is 33.2 Å². The summed E-state index contributed by atoms with van der Waals surface area (Å²) in [5, 5.41) is 0. The van der Waals surface area contributed by atoms with Crippen LogP contribution >= 0.6 is 0 Å². The van der Waals surface area contributed by atoms with Crippen molar-refractivity contribution >= 4 is 5.91 Å². The highest BCUT2D eigenvalue weighted by molar-refractivity contribution is 5.74. The van der Waals surface area contributed by atoms with Crippen LogP contribution in [-0.4, -0.2) is 15.8 Å². The molecule has 14 heavy (non-hydrogen) atoms. The number of carbonyl (C=O) groups is 1. The summed E-state index contributed by atoms with van der Waals surface area (Å²) in [4.78, 5) is 17.5. The van der Waals surface area contributed by atoms with Gasteiger partial charge in [0.15, 0.2) is 0 Å². The van der Waals surface area contributed by atoms with Crippen LogP contribution in [0, 0.1) is 13.8 Å². The van der Waals surface area contributed by atoms with Gasteiger partial charge < -0.3 is 4.90 Å². The standard InChI is InChI=1S/C11H14N2O/c1-7-4-8(2)12-11-6-13(9(3)14)5-10(7)11/h4H,5-6H2,1-3H3. The minimum atomic E-state index is 0.125. The molecule has 0 bridgehead atoms. The molecule has 0 saturated heterocycles. The van der Waals surface area contributed by atoms with Crippen LogP contribution in [0.4, 0.5) is 0 Å². The van der Waals surface area contributed by atoms with E-state index >= 15 is 0 Å². The maximum Gasteiger partial charge on any atom is 0.220 e. The zero-order valence-corrected chi connectivity index (χ0v) is 8.79. The summed E-state index contributed by atoms with van der Waals surface area (Å²) in [6.45, 7) is 7.08. The molecule has 0 atom stereocenters. The zero-order valence-electron chi connectivity index (χ0n) is 8.79. The summed E-state index contributed by atoms with van der Waals surface area (Å²) in [7, 11) is 0. The second-order valence-electron chi connectivity index (χ2n) is 3.88. The van der Waals surface area contributed by atoms with Crippen LogP contribution in [0.1, 0.15) is 29.4 Å². The van der Waals surface area contributed by atoms with Gasteiger partial charge in [-0.25, -0.2) is 0 Å². The molecule has 0 aliphatic carbocycles. The van der Waals surface area contributed by atoms with E-state index in [0.29, 0.717) is 6.54 Å². The van der Waals surface area contributed by atoms with E-state index in [9.17, 15) is 4.79 Å². The largest absolute Gasteiger partial charge is 0.333 e. The van der Waals surface area contributed by atoms with Crippen LogP contribution in [0.15, 0.2) is 6.07 Å². The number of aryl methyl sites for hydroxylation is 2. The first-order valence-electron chi connectivity index (χ1n) is 4.79. The fourth-order valence-electron chi connectivity index (χ4n) is 1.94. The Morgan fingerprint density at radius 3 is 2.79 bits per heavy atom. The fraction of sp³-hybridized carbons (Fsp3) is 0.455. The molecule has 0 N–H and O–H groups in total. The van der Waals surface area contributed by atoms with E-state index in [0.717, 1.165) is 17.9 Å². The van der Waals surface area contributed by atoms with Crippen molar-refractivity contribution in [2.45, 2.75) is 33.9 Å². The van der Waals surface area contributed by atoms with Crippen LogP contribution in [0.5, 0.6) is 0 Å². The Hall–Kier alpha value is -1.38. The van der Waals surface area contributed by atoms with Crippen molar-refractivity contribution in [2.75, 3.05) is 0 Å². The van der Waals surface area contributed by atoms with E-state index in [1.807, 2.05) is 11.8 Å². The van der Waals surface area contributed by atoms with Crippen molar-refractivity contribution < 1.29 is 4.79 Å². The van der Waals surface area contributed by atoms with Gasteiger partial charge in [-0.05, 0) is 31.0 Å². The highest BCUT2D eigenvalue weighted by atomic mass is 16.2. The molecule has 2 rings (SSSR count). The maximum atomic E-state index is 11.2. The lowest BCUT2D eigenvalue weighted by Crippen LogP contribution is -2.21. The third-order valence-corrected chi connectivity index (χ3v) is 2.70. The van der Waals surface area contributed by atoms with Crippen LogP contribution < -0.4 is 0 Å². The number of hydrogen-bond acceptors (Lipinski definition) is 2. The Kier molecular flexibility index (Phi) is 2.02. The van der Waals surface area contributed by atoms with Crippen LogP contribution in [-0.2, 0) is 17.9 Å². The molecule has 0 aromatic carbocycles. The molecule has 0 spiro atoms. The molecule has 0 unspecified atom stereocenters.